The number of carbonyl (C=O) groups is 3. The summed E-state index contributed by atoms with van der Waals surface area (Å²) < 4.78 is 0. The monoisotopic (exact) mass is 416 g/mol. The lowest BCUT2D eigenvalue weighted by Crippen LogP contribution is -2.49. The van der Waals surface area contributed by atoms with Crippen LogP contribution in [0.5, 0.6) is 0 Å². The minimum atomic E-state index is -0.297. The summed E-state index contributed by atoms with van der Waals surface area (Å²) in [6.45, 7) is 3.02. The molecule has 5 rings (SSSR count). The predicted molar refractivity (Wildman–Crippen MR) is 118 cm³/mol. The molecule has 0 spiro atoms. The summed E-state index contributed by atoms with van der Waals surface area (Å²) >= 11 is 0. The first-order valence-electron chi connectivity index (χ1n) is 11.4. The number of amides is 3. The SMILES string of the molecule is CC1CCCCC1C(=O)N1CCc2ccccc2[C@@H]1CN1C(=O)c2ccccc2C1=O. The summed E-state index contributed by atoms with van der Waals surface area (Å²) in [5, 5.41) is 0. The Morgan fingerprint density at radius 1 is 0.935 bits per heavy atom. The van der Waals surface area contributed by atoms with Crippen molar-refractivity contribution in [2.75, 3.05) is 13.1 Å². The van der Waals surface area contributed by atoms with E-state index in [1.54, 1.807) is 24.3 Å². The van der Waals surface area contributed by atoms with Gasteiger partial charge in [-0.25, -0.2) is 0 Å². The van der Waals surface area contributed by atoms with E-state index in [2.05, 4.69) is 13.0 Å². The van der Waals surface area contributed by atoms with Crippen LogP contribution in [0.1, 0.15) is 70.5 Å². The summed E-state index contributed by atoms with van der Waals surface area (Å²) in [6, 6.07) is 14.8. The molecule has 0 aromatic heterocycles. The third kappa shape index (κ3) is 3.36. The topological polar surface area (TPSA) is 57.7 Å². The lowest BCUT2D eigenvalue weighted by atomic mass is 9.78. The van der Waals surface area contributed by atoms with Crippen molar-refractivity contribution in [3.63, 3.8) is 0 Å². The average molecular weight is 417 g/mol. The van der Waals surface area contributed by atoms with Crippen LogP contribution in [0, 0.1) is 11.8 Å². The Morgan fingerprint density at radius 3 is 2.29 bits per heavy atom. The van der Waals surface area contributed by atoms with E-state index >= 15 is 0 Å². The molecule has 2 aromatic rings. The zero-order valence-electron chi connectivity index (χ0n) is 17.9. The molecule has 2 heterocycles. The Balaban J connectivity index is 1.48. The maximum Gasteiger partial charge on any atom is 0.261 e. The quantitative estimate of drug-likeness (QED) is 0.704. The second kappa shape index (κ2) is 7.95. The molecular weight excluding hydrogens is 388 g/mol. The molecule has 3 atom stereocenters. The zero-order valence-corrected chi connectivity index (χ0v) is 17.9. The van der Waals surface area contributed by atoms with E-state index in [-0.39, 0.29) is 36.2 Å². The third-order valence-electron chi connectivity index (χ3n) is 7.36. The first-order chi connectivity index (χ1) is 15.1. The highest BCUT2D eigenvalue weighted by Crippen LogP contribution is 2.37. The van der Waals surface area contributed by atoms with Gasteiger partial charge in [0.05, 0.1) is 23.7 Å². The number of rotatable bonds is 3. The highest BCUT2D eigenvalue weighted by Gasteiger charge is 2.42. The van der Waals surface area contributed by atoms with Gasteiger partial charge < -0.3 is 4.90 Å². The fourth-order valence-electron chi connectivity index (χ4n) is 5.59. The molecule has 1 fully saturated rings. The van der Waals surface area contributed by atoms with E-state index in [1.165, 1.54) is 16.9 Å². The Labute approximate surface area is 183 Å². The molecular formula is C26H28N2O3. The Kier molecular flexibility index (Phi) is 5.12. The molecule has 2 unspecified atom stereocenters. The fourth-order valence-corrected chi connectivity index (χ4v) is 5.59. The van der Waals surface area contributed by atoms with Crippen LogP contribution in [0.2, 0.25) is 0 Å². The second-order valence-corrected chi connectivity index (χ2v) is 9.13. The maximum atomic E-state index is 13.7. The maximum absolute atomic E-state index is 13.7. The van der Waals surface area contributed by atoms with Gasteiger partial charge in [-0.2, -0.15) is 0 Å². The van der Waals surface area contributed by atoms with Crippen molar-refractivity contribution in [3.05, 3.63) is 70.8 Å². The number of hydrogen-bond acceptors (Lipinski definition) is 3. The lowest BCUT2D eigenvalue weighted by molar-refractivity contribution is -0.141. The number of benzene rings is 2. The smallest absolute Gasteiger partial charge is 0.261 e. The van der Waals surface area contributed by atoms with Gasteiger partial charge >= 0.3 is 0 Å². The molecule has 3 aliphatic rings. The molecule has 0 radical (unpaired) electrons. The van der Waals surface area contributed by atoms with Crippen LogP contribution in [-0.2, 0) is 11.2 Å². The highest BCUT2D eigenvalue weighted by atomic mass is 16.2. The van der Waals surface area contributed by atoms with Gasteiger partial charge in [0.1, 0.15) is 0 Å². The molecule has 1 aliphatic carbocycles. The number of imide groups is 1. The molecule has 160 valence electrons. The molecule has 0 bridgehead atoms. The van der Waals surface area contributed by atoms with Crippen molar-refractivity contribution in [2.45, 2.75) is 45.1 Å². The van der Waals surface area contributed by atoms with E-state index in [4.69, 9.17) is 0 Å². The Morgan fingerprint density at radius 2 is 1.58 bits per heavy atom. The number of hydrogen-bond donors (Lipinski definition) is 0. The minimum Gasteiger partial charge on any atom is -0.333 e. The molecule has 5 nitrogen and oxygen atoms in total. The third-order valence-corrected chi connectivity index (χ3v) is 7.36. The summed E-state index contributed by atoms with van der Waals surface area (Å²) in [5.74, 6) is 0.0644. The lowest BCUT2D eigenvalue weighted by Gasteiger charge is -2.42. The van der Waals surface area contributed by atoms with Crippen LogP contribution in [0.4, 0.5) is 0 Å². The van der Waals surface area contributed by atoms with E-state index in [9.17, 15) is 14.4 Å². The van der Waals surface area contributed by atoms with Gasteiger partial charge in [0, 0.05) is 12.5 Å². The van der Waals surface area contributed by atoms with Crippen molar-refractivity contribution < 1.29 is 14.4 Å². The van der Waals surface area contributed by atoms with Crippen LogP contribution in [0.25, 0.3) is 0 Å². The van der Waals surface area contributed by atoms with E-state index in [0.29, 0.717) is 23.6 Å². The van der Waals surface area contributed by atoms with Gasteiger partial charge in [0.15, 0.2) is 0 Å². The van der Waals surface area contributed by atoms with Crippen molar-refractivity contribution in [2.24, 2.45) is 11.8 Å². The van der Waals surface area contributed by atoms with Crippen molar-refractivity contribution in [1.82, 2.24) is 9.80 Å². The fraction of sp³-hybridized carbons (Fsp3) is 0.423. The van der Waals surface area contributed by atoms with Gasteiger partial charge in [0.2, 0.25) is 5.91 Å². The van der Waals surface area contributed by atoms with E-state index < -0.39 is 0 Å². The molecule has 0 N–H and O–H groups in total. The van der Waals surface area contributed by atoms with Crippen molar-refractivity contribution >= 4 is 17.7 Å². The summed E-state index contributed by atoms with van der Waals surface area (Å²) in [6.07, 6.45) is 5.10. The number of fused-ring (bicyclic) bond motifs is 2. The van der Waals surface area contributed by atoms with Crippen LogP contribution in [-0.4, -0.2) is 40.6 Å². The number of carbonyl (C=O) groups excluding carboxylic acids is 3. The number of nitrogens with zero attached hydrogens (tertiary/aromatic N) is 2. The van der Waals surface area contributed by atoms with Crippen molar-refractivity contribution in [3.8, 4) is 0 Å². The Bertz CT molecular complexity index is 1010. The van der Waals surface area contributed by atoms with E-state index in [0.717, 1.165) is 31.2 Å². The molecule has 2 aliphatic heterocycles. The summed E-state index contributed by atoms with van der Waals surface area (Å²) in [5.41, 5.74) is 3.16. The van der Waals surface area contributed by atoms with E-state index in [1.807, 2.05) is 23.1 Å². The van der Waals surface area contributed by atoms with Crippen molar-refractivity contribution in [1.29, 1.82) is 0 Å². The summed E-state index contributed by atoms with van der Waals surface area (Å²) in [4.78, 5) is 43.0. The van der Waals surface area contributed by atoms with Gasteiger partial charge in [-0.3, -0.25) is 19.3 Å². The molecule has 0 saturated heterocycles. The van der Waals surface area contributed by atoms with Crippen LogP contribution >= 0.6 is 0 Å². The normalized spacial score (nSPS) is 25.4. The second-order valence-electron chi connectivity index (χ2n) is 9.13. The average Bonchev–Trinajstić information content (AvgIpc) is 3.04. The molecule has 1 saturated carbocycles. The highest BCUT2D eigenvalue weighted by molar-refractivity contribution is 6.21. The van der Waals surface area contributed by atoms with Crippen LogP contribution in [0.15, 0.2) is 48.5 Å². The molecule has 2 aromatic carbocycles. The van der Waals surface area contributed by atoms with Crippen LogP contribution in [0.3, 0.4) is 0 Å². The summed E-state index contributed by atoms with van der Waals surface area (Å²) in [7, 11) is 0. The largest absolute Gasteiger partial charge is 0.333 e. The molecule has 3 amide bonds. The predicted octanol–water partition coefficient (Wildman–Crippen LogP) is 4.23. The zero-order chi connectivity index (χ0) is 21.5. The standard InChI is InChI=1S/C26H28N2O3/c1-17-8-2-4-10-19(17)24(29)27-15-14-18-9-3-5-11-20(18)23(27)16-28-25(30)21-12-6-7-13-22(21)26(28)31/h3,5-7,9,11-13,17,19,23H,2,4,8,10,14-16H2,1H3/t17?,19?,23-/m0/s1. The van der Waals surface area contributed by atoms with Gasteiger partial charge in [-0.05, 0) is 48.4 Å². The Hall–Kier alpha value is -2.95. The minimum absolute atomic E-state index is 0.0312. The molecule has 5 heteroatoms. The first-order valence-corrected chi connectivity index (χ1v) is 11.4. The molecule has 31 heavy (non-hydrogen) atoms. The van der Waals surface area contributed by atoms with Crippen LogP contribution < -0.4 is 0 Å². The first kappa shape index (κ1) is 20.0. The van der Waals surface area contributed by atoms with Gasteiger partial charge in [0.25, 0.3) is 11.8 Å². The van der Waals surface area contributed by atoms with Gasteiger partial charge in [-0.1, -0.05) is 56.2 Å². The van der Waals surface area contributed by atoms with Gasteiger partial charge in [-0.15, -0.1) is 0 Å².